The molecule has 2 aromatic rings. The summed E-state index contributed by atoms with van der Waals surface area (Å²) in [7, 11) is 2.21. The van der Waals surface area contributed by atoms with Gasteiger partial charge in [-0.25, -0.2) is 0 Å². The first-order chi connectivity index (χ1) is 8.75. The summed E-state index contributed by atoms with van der Waals surface area (Å²) in [5.41, 5.74) is 3.98. The Morgan fingerprint density at radius 2 is 2.17 bits per heavy atom. The van der Waals surface area contributed by atoms with Gasteiger partial charge in [-0.05, 0) is 31.2 Å². The van der Waals surface area contributed by atoms with Crippen molar-refractivity contribution >= 4 is 28.1 Å². The number of likely N-dealkylation sites (N-methyl/N-ethyl adjacent to an activating group) is 1. The molecule has 0 N–H and O–H groups in total. The molecule has 0 amide bonds. The van der Waals surface area contributed by atoms with E-state index in [-0.39, 0.29) is 0 Å². The van der Waals surface area contributed by atoms with Gasteiger partial charge in [-0.2, -0.15) is 0 Å². The lowest BCUT2D eigenvalue weighted by atomic mass is 9.89. The van der Waals surface area contributed by atoms with Crippen LogP contribution in [0.4, 0.5) is 0 Å². The average Bonchev–Trinajstić information content (AvgIpc) is 2.78. The molecule has 2 nitrogen and oxygen atoms in total. The summed E-state index contributed by atoms with van der Waals surface area (Å²) in [6.07, 6.45) is 5.68. The zero-order valence-corrected chi connectivity index (χ0v) is 11.1. The number of aromatic nitrogens is 1. The van der Waals surface area contributed by atoms with Crippen molar-refractivity contribution in [3.05, 3.63) is 41.1 Å². The summed E-state index contributed by atoms with van der Waals surface area (Å²) in [6, 6.07) is 6.81. The minimum atomic E-state index is 0.474. The van der Waals surface area contributed by atoms with Gasteiger partial charge in [0.2, 0.25) is 0 Å². The lowest BCUT2D eigenvalue weighted by Crippen LogP contribution is -2.41. The van der Waals surface area contributed by atoms with Crippen LogP contribution in [0.25, 0.3) is 16.5 Å². The van der Waals surface area contributed by atoms with Crippen LogP contribution in [0.2, 0.25) is 5.02 Å². The second kappa shape index (κ2) is 3.62. The molecular formula is C15H15ClN2. The number of rotatable bonds is 0. The van der Waals surface area contributed by atoms with Crippen molar-refractivity contribution < 1.29 is 0 Å². The third-order valence-electron chi connectivity index (χ3n) is 4.27. The first-order valence-electron chi connectivity index (χ1n) is 6.44. The van der Waals surface area contributed by atoms with E-state index < -0.39 is 0 Å². The van der Waals surface area contributed by atoms with Crippen molar-refractivity contribution in [3.63, 3.8) is 0 Å². The van der Waals surface area contributed by atoms with Crippen LogP contribution in [0.15, 0.2) is 30.5 Å². The summed E-state index contributed by atoms with van der Waals surface area (Å²) < 4.78 is 2.35. The van der Waals surface area contributed by atoms with Crippen LogP contribution >= 0.6 is 11.6 Å². The highest BCUT2D eigenvalue weighted by Gasteiger charge is 2.31. The van der Waals surface area contributed by atoms with Gasteiger partial charge in [0.25, 0.3) is 0 Å². The Morgan fingerprint density at radius 1 is 1.28 bits per heavy atom. The van der Waals surface area contributed by atoms with Gasteiger partial charge in [0.1, 0.15) is 0 Å². The van der Waals surface area contributed by atoms with Gasteiger partial charge in [0.05, 0.1) is 16.6 Å². The number of benzene rings is 1. The molecule has 0 saturated heterocycles. The highest BCUT2D eigenvalue weighted by Crippen LogP contribution is 2.40. The van der Waals surface area contributed by atoms with E-state index in [1.807, 2.05) is 6.07 Å². The topological polar surface area (TPSA) is 8.17 Å². The molecule has 0 saturated carbocycles. The molecule has 1 atom stereocenters. The molecular weight excluding hydrogens is 244 g/mol. The number of halogens is 1. The zero-order valence-electron chi connectivity index (χ0n) is 10.4. The summed E-state index contributed by atoms with van der Waals surface area (Å²) in [4.78, 5) is 2.44. The molecule has 1 aromatic carbocycles. The lowest BCUT2D eigenvalue weighted by molar-refractivity contribution is 0.261. The Morgan fingerprint density at radius 3 is 3.06 bits per heavy atom. The predicted molar refractivity (Wildman–Crippen MR) is 76.0 cm³/mol. The largest absolute Gasteiger partial charge is 0.345 e. The van der Waals surface area contributed by atoms with Gasteiger partial charge < -0.3 is 4.57 Å². The van der Waals surface area contributed by atoms with Crippen molar-refractivity contribution in [1.29, 1.82) is 0 Å². The molecule has 0 spiro atoms. The van der Waals surface area contributed by atoms with Crippen molar-refractivity contribution in [3.8, 4) is 0 Å². The molecule has 3 heteroatoms. The molecule has 92 valence electrons. The Labute approximate surface area is 111 Å². The highest BCUT2D eigenvalue weighted by atomic mass is 35.5. The Balaban J connectivity index is 2.08. The minimum Gasteiger partial charge on any atom is -0.345 e. The fourth-order valence-electron chi connectivity index (χ4n) is 3.34. The maximum Gasteiger partial charge on any atom is 0.0572 e. The van der Waals surface area contributed by atoms with Gasteiger partial charge in [-0.15, -0.1) is 0 Å². The number of hydrogen-bond donors (Lipinski definition) is 0. The predicted octanol–water partition coefficient (Wildman–Crippen LogP) is 3.40. The fourth-order valence-corrected chi connectivity index (χ4v) is 3.61. The normalized spacial score (nSPS) is 23.0. The first kappa shape index (κ1) is 10.7. The molecule has 2 aliphatic rings. The quantitative estimate of drug-likeness (QED) is 0.703. The maximum atomic E-state index is 6.46. The number of fused-ring (bicyclic) bond motifs is 2. The Bertz CT molecular complexity index is 668. The monoisotopic (exact) mass is 258 g/mol. The Hall–Kier alpha value is -1.25. The van der Waals surface area contributed by atoms with Gasteiger partial charge in [-0.3, -0.25) is 4.90 Å². The zero-order chi connectivity index (χ0) is 12.3. The van der Waals surface area contributed by atoms with E-state index in [4.69, 9.17) is 11.6 Å². The number of hydrogen-bond acceptors (Lipinski definition) is 1. The molecule has 0 radical (unpaired) electrons. The van der Waals surface area contributed by atoms with Crippen LogP contribution in [0.3, 0.4) is 0 Å². The van der Waals surface area contributed by atoms with Gasteiger partial charge in [0.15, 0.2) is 0 Å². The third-order valence-corrected chi connectivity index (χ3v) is 4.59. The van der Waals surface area contributed by atoms with Crippen molar-refractivity contribution in [2.45, 2.75) is 19.0 Å². The van der Waals surface area contributed by atoms with E-state index in [2.05, 4.69) is 40.9 Å². The third kappa shape index (κ3) is 1.28. The molecule has 3 heterocycles. The number of nitrogens with zero attached hydrogens (tertiary/aromatic N) is 2. The first-order valence-corrected chi connectivity index (χ1v) is 6.81. The molecule has 0 aliphatic carbocycles. The minimum absolute atomic E-state index is 0.474. The van der Waals surface area contributed by atoms with Gasteiger partial charge >= 0.3 is 0 Å². The smallest absolute Gasteiger partial charge is 0.0572 e. The summed E-state index contributed by atoms with van der Waals surface area (Å²) in [5, 5.41) is 2.18. The summed E-state index contributed by atoms with van der Waals surface area (Å²) in [5.74, 6) is 0. The molecule has 2 aliphatic heterocycles. The van der Waals surface area contributed by atoms with E-state index in [0.717, 1.165) is 24.5 Å². The second-order valence-electron chi connectivity index (χ2n) is 5.27. The van der Waals surface area contributed by atoms with Crippen LogP contribution in [0.1, 0.15) is 12.0 Å². The molecule has 0 unspecified atom stereocenters. The molecule has 1 aromatic heterocycles. The van der Waals surface area contributed by atoms with Crippen LogP contribution < -0.4 is 0 Å². The standard InChI is InChI=1S/C15H15ClN2/c1-17-7-2-3-11-13(17)9-18-8-6-10-4-5-12(16)14(11)15(10)18/h3-6,8,13H,2,7,9H2,1H3/t13-/m0/s1. The van der Waals surface area contributed by atoms with Gasteiger partial charge in [0, 0.05) is 30.2 Å². The van der Waals surface area contributed by atoms with Crippen LogP contribution in [-0.2, 0) is 6.54 Å². The maximum absolute atomic E-state index is 6.46. The second-order valence-corrected chi connectivity index (χ2v) is 5.68. The highest BCUT2D eigenvalue weighted by molar-refractivity contribution is 6.33. The van der Waals surface area contributed by atoms with E-state index >= 15 is 0 Å². The van der Waals surface area contributed by atoms with E-state index in [1.165, 1.54) is 22.0 Å². The van der Waals surface area contributed by atoms with Crippen LogP contribution in [0, 0.1) is 0 Å². The van der Waals surface area contributed by atoms with Crippen LogP contribution in [-0.4, -0.2) is 29.1 Å². The van der Waals surface area contributed by atoms with Gasteiger partial charge in [-0.1, -0.05) is 23.7 Å². The van der Waals surface area contributed by atoms with Crippen molar-refractivity contribution in [1.82, 2.24) is 9.47 Å². The fraction of sp³-hybridized carbons (Fsp3) is 0.333. The van der Waals surface area contributed by atoms with Crippen LogP contribution in [0.5, 0.6) is 0 Å². The van der Waals surface area contributed by atoms with E-state index in [9.17, 15) is 0 Å². The van der Waals surface area contributed by atoms with Crippen molar-refractivity contribution in [2.24, 2.45) is 0 Å². The average molecular weight is 259 g/mol. The van der Waals surface area contributed by atoms with E-state index in [0.29, 0.717) is 6.04 Å². The summed E-state index contributed by atoms with van der Waals surface area (Å²) >= 11 is 6.46. The Kier molecular flexibility index (Phi) is 2.14. The SMILES string of the molecule is CN1CCC=C2c3c(Cl)ccc4ccn(c34)C[C@@H]21. The lowest BCUT2D eigenvalue weighted by Gasteiger charge is -2.38. The molecule has 0 fully saturated rings. The molecule has 4 rings (SSSR count). The molecule has 18 heavy (non-hydrogen) atoms. The molecule has 0 bridgehead atoms. The van der Waals surface area contributed by atoms with Crippen molar-refractivity contribution in [2.75, 3.05) is 13.6 Å². The van der Waals surface area contributed by atoms with E-state index in [1.54, 1.807) is 0 Å². The summed E-state index contributed by atoms with van der Waals surface area (Å²) in [6.45, 7) is 2.18.